The van der Waals surface area contributed by atoms with Crippen molar-refractivity contribution < 1.29 is 33.6 Å². The van der Waals surface area contributed by atoms with E-state index in [1.165, 1.54) is 7.11 Å². The second-order valence-electron chi connectivity index (χ2n) is 10.0. The molecule has 11 heteroatoms. The first-order valence-corrected chi connectivity index (χ1v) is 14.5. The van der Waals surface area contributed by atoms with Gasteiger partial charge < -0.3 is 34.7 Å². The Bertz CT molecular complexity index is 1560. The van der Waals surface area contributed by atoms with Gasteiger partial charge in [-0.05, 0) is 72.9 Å². The highest BCUT2D eigenvalue weighted by molar-refractivity contribution is 5.95. The Morgan fingerprint density at radius 1 is 1.07 bits per heavy atom. The molecular weight excluding hydrogens is 576 g/mol. The Kier molecular flexibility index (Phi) is 11.6. The quantitative estimate of drug-likeness (QED) is 0.0645. The number of aliphatic hydroxyl groups excluding tert-OH is 1. The van der Waals surface area contributed by atoms with Crippen molar-refractivity contribution >= 4 is 18.2 Å². The molecule has 1 aliphatic heterocycles. The molecule has 0 bridgehead atoms. The Morgan fingerprint density at radius 3 is 2.58 bits per heavy atom. The molecule has 45 heavy (non-hydrogen) atoms. The van der Waals surface area contributed by atoms with Crippen LogP contribution >= 0.6 is 0 Å². The van der Waals surface area contributed by atoms with Crippen LogP contribution in [0, 0.1) is 0 Å². The highest BCUT2D eigenvalue weighted by atomic mass is 16.5. The van der Waals surface area contributed by atoms with E-state index < -0.39 is 24.3 Å². The van der Waals surface area contributed by atoms with Crippen molar-refractivity contribution in [3.05, 3.63) is 113 Å². The topological polar surface area (TPSA) is 140 Å². The number of esters is 1. The lowest BCUT2D eigenvalue weighted by molar-refractivity contribution is -0.136. The summed E-state index contributed by atoms with van der Waals surface area (Å²) >= 11 is 0. The third-order valence-corrected chi connectivity index (χ3v) is 6.80. The van der Waals surface area contributed by atoms with Crippen LogP contribution in [0.15, 0.2) is 95.8 Å². The maximum Gasteiger partial charge on any atom is 0.337 e. The average molecular weight is 615 g/mol. The van der Waals surface area contributed by atoms with E-state index in [-0.39, 0.29) is 12.2 Å². The maximum atomic E-state index is 12.5. The summed E-state index contributed by atoms with van der Waals surface area (Å²) in [5.41, 5.74) is 6.78. The van der Waals surface area contributed by atoms with Gasteiger partial charge in [-0.2, -0.15) is 5.10 Å². The van der Waals surface area contributed by atoms with E-state index in [0.717, 1.165) is 22.4 Å². The second-order valence-corrected chi connectivity index (χ2v) is 10.0. The first-order valence-electron chi connectivity index (χ1n) is 14.5. The van der Waals surface area contributed by atoms with Crippen LogP contribution in [0.2, 0.25) is 0 Å². The van der Waals surface area contributed by atoms with Crippen molar-refractivity contribution in [2.75, 3.05) is 20.3 Å². The van der Waals surface area contributed by atoms with E-state index in [0.29, 0.717) is 42.4 Å². The zero-order valence-corrected chi connectivity index (χ0v) is 25.5. The number of ether oxygens (including phenoxy) is 4. The number of rotatable bonds is 15. The van der Waals surface area contributed by atoms with E-state index in [9.17, 15) is 14.7 Å². The Labute approximate surface area is 262 Å². The molecule has 1 aliphatic rings. The van der Waals surface area contributed by atoms with Gasteiger partial charge in [0, 0.05) is 5.70 Å². The molecule has 0 saturated heterocycles. The maximum absolute atomic E-state index is 12.5. The molecule has 4 N–H and O–H groups in total. The lowest BCUT2D eigenvalue weighted by Crippen LogP contribution is -2.45. The average Bonchev–Trinajstić information content (AvgIpc) is 3.04. The number of methoxy groups -OCH3 is 1. The number of urea groups is 1. The van der Waals surface area contributed by atoms with Gasteiger partial charge in [0.05, 0.1) is 31.5 Å². The molecule has 0 aromatic heterocycles. The summed E-state index contributed by atoms with van der Waals surface area (Å²) in [6, 6.07) is 19.5. The number of carbonyl (C=O) groups is 2. The first kappa shape index (κ1) is 32.6. The standard InChI is InChI=1S/C34H38N4O7/c1-5-10-25-17-24(13-15-27(25)44-20-23-11-8-7-9-12-23)19-35-38-30(39)21-45-28-16-14-26(18-29(28)43-6-2)32-31(33(40)42-4)22(3)36-34(41)37-32/h5,7-9,11-19,30,32,38-39H,1,6,10,20-21H2,2-4H3,(H2,36,37,41)/b35-19-/t30-,32+/m1/s1. The molecule has 0 spiro atoms. The van der Waals surface area contributed by atoms with Crippen LogP contribution in [0.1, 0.15) is 42.1 Å². The number of hydrogen-bond donors (Lipinski definition) is 4. The van der Waals surface area contributed by atoms with E-state index >= 15 is 0 Å². The van der Waals surface area contributed by atoms with Crippen LogP contribution in [0.3, 0.4) is 0 Å². The van der Waals surface area contributed by atoms with Gasteiger partial charge >= 0.3 is 12.0 Å². The molecule has 0 saturated carbocycles. The minimum atomic E-state index is -1.13. The number of hydrazone groups is 1. The van der Waals surface area contributed by atoms with Gasteiger partial charge in [0.1, 0.15) is 19.0 Å². The zero-order valence-electron chi connectivity index (χ0n) is 25.5. The molecule has 4 rings (SSSR count). The summed E-state index contributed by atoms with van der Waals surface area (Å²) in [4.78, 5) is 24.6. The predicted octanol–water partition coefficient (Wildman–Crippen LogP) is 4.51. The third kappa shape index (κ3) is 8.87. The van der Waals surface area contributed by atoms with Crippen LogP contribution in [0.4, 0.5) is 4.79 Å². The van der Waals surface area contributed by atoms with Gasteiger partial charge in [-0.15, -0.1) is 6.58 Å². The largest absolute Gasteiger partial charge is 0.490 e. The molecular formula is C34H38N4O7. The molecule has 2 atom stereocenters. The third-order valence-electron chi connectivity index (χ3n) is 6.80. The van der Waals surface area contributed by atoms with Gasteiger partial charge in [0.15, 0.2) is 17.7 Å². The number of nitrogens with zero attached hydrogens (tertiary/aromatic N) is 1. The summed E-state index contributed by atoms with van der Waals surface area (Å²) in [6.45, 7) is 7.96. The lowest BCUT2D eigenvalue weighted by Gasteiger charge is -2.28. The van der Waals surface area contributed by atoms with Crippen molar-refractivity contribution in [2.24, 2.45) is 5.10 Å². The number of nitrogens with one attached hydrogen (secondary N) is 3. The van der Waals surface area contributed by atoms with Gasteiger partial charge in [0.25, 0.3) is 0 Å². The number of aliphatic hydroxyl groups is 1. The number of allylic oxidation sites excluding steroid dienone is 2. The minimum Gasteiger partial charge on any atom is -0.490 e. The van der Waals surface area contributed by atoms with Gasteiger partial charge in [0.2, 0.25) is 0 Å². The van der Waals surface area contributed by atoms with Crippen molar-refractivity contribution in [2.45, 2.75) is 39.1 Å². The number of benzene rings is 3. The Hall–Kier alpha value is -5.29. The summed E-state index contributed by atoms with van der Waals surface area (Å²) in [5.74, 6) is 0.946. The molecule has 0 unspecified atom stereocenters. The summed E-state index contributed by atoms with van der Waals surface area (Å²) in [6.07, 6.45) is 2.91. The van der Waals surface area contributed by atoms with Crippen molar-refractivity contribution in [1.29, 1.82) is 0 Å². The molecule has 0 radical (unpaired) electrons. The van der Waals surface area contributed by atoms with Crippen LogP contribution in [0.25, 0.3) is 0 Å². The normalized spacial score (nSPS) is 15.1. The molecule has 3 aromatic carbocycles. The smallest absolute Gasteiger partial charge is 0.337 e. The monoisotopic (exact) mass is 614 g/mol. The van der Waals surface area contributed by atoms with Crippen molar-refractivity contribution in [3.8, 4) is 17.2 Å². The molecule has 0 fully saturated rings. The van der Waals surface area contributed by atoms with E-state index in [1.807, 2.05) is 61.5 Å². The highest BCUT2D eigenvalue weighted by Crippen LogP contribution is 2.35. The zero-order chi connectivity index (χ0) is 32.2. The van der Waals surface area contributed by atoms with E-state index in [2.05, 4.69) is 27.7 Å². The SMILES string of the molecule is C=CCc1cc(/C=N\N[C@H](O)COc2ccc([C@@H]3NC(=O)NC(C)=C3C(=O)OC)cc2OCC)ccc1OCc1ccccc1. The van der Waals surface area contributed by atoms with Gasteiger partial charge in [-0.1, -0.05) is 42.5 Å². The summed E-state index contributed by atoms with van der Waals surface area (Å²) in [5, 5.41) is 20.0. The molecule has 236 valence electrons. The summed E-state index contributed by atoms with van der Waals surface area (Å²) < 4.78 is 22.5. The minimum absolute atomic E-state index is 0.138. The first-order chi connectivity index (χ1) is 21.8. The fraction of sp³-hybridized carbons (Fsp3) is 0.265. The number of hydrogen-bond acceptors (Lipinski definition) is 9. The molecule has 1 heterocycles. The van der Waals surface area contributed by atoms with Crippen molar-refractivity contribution in [3.63, 3.8) is 0 Å². The fourth-order valence-corrected chi connectivity index (χ4v) is 4.69. The number of amides is 2. The number of carbonyl (C=O) groups excluding carboxylic acids is 2. The highest BCUT2D eigenvalue weighted by Gasteiger charge is 2.32. The predicted molar refractivity (Wildman–Crippen MR) is 170 cm³/mol. The van der Waals surface area contributed by atoms with Crippen molar-refractivity contribution in [1.82, 2.24) is 16.1 Å². The summed E-state index contributed by atoms with van der Waals surface area (Å²) in [7, 11) is 1.28. The van der Waals surface area contributed by atoms with Crippen LogP contribution in [-0.2, 0) is 22.6 Å². The fourth-order valence-electron chi connectivity index (χ4n) is 4.69. The second kappa shape index (κ2) is 16.0. The molecule has 11 nitrogen and oxygen atoms in total. The van der Waals surface area contributed by atoms with E-state index in [4.69, 9.17) is 18.9 Å². The Balaban J connectivity index is 1.38. The molecule has 3 aromatic rings. The lowest BCUT2D eigenvalue weighted by atomic mass is 9.95. The van der Waals surface area contributed by atoms with Crippen LogP contribution in [-0.4, -0.2) is 49.9 Å². The Morgan fingerprint density at radius 2 is 1.84 bits per heavy atom. The van der Waals surface area contributed by atoms with Gasteiger partial charge in [-0.3, -0.25) is 5.43 Å². The molecule has 0 aliphatic carbocycles. The van der Waals surface area contributed by atoms with Crippen LogP contribution in [0.5, 0.6) is 17.2 Å². The van der Waals surface area contributed by atoms with Gasteiger partial charge in [-0.25, -0.2) is 9.59 Å². The molecule has 2 amide bonds. The van der Waals surface area contributed by atoms with E-state index in [1.54, 1.807) is 31.3 Å². The van der Waals surface area contributed by atoms with Crippen LogP contribution < -0.4 is 30.3 Å².